The number of aliphatic hydroxyl groups is 1. The largest absolute Gasteiger partial charge is 0.388 e. The number of benzene rings is 2. The van der Waals surface area contributed by atoms with Gasteiger partial charge in [-0.2, -0.15) is 0 Å². The fourth-order valence-electron chi connectivity index (χ4n) is 1.93. The van der Waals surface area contributed by atoms with Crippen LogP contribution in [0.1, 0.15) is 22.8 Å². The Kier molecular flexibility index (Phi) is 4.32. The van der Waals surface area contributed by atoms with E-state index in [2.05, 4.69) is 15.9 Å². The first-order valence-corrected chi connectivity index (χ1v) is 6.65. The highest BCUT2D eigenvalue weighted by molar-refractivity contribution is 9.10. The molecule has 0 aliphatic carbocycles. The molecule has 0 heterocycles. The molecular weight excluding hydrogens is 314 g/mol. The van der Waals surface area contributed by atoms with E-state index in [9.17, 15) is 13.9 Å². The van der Waals surface area contributed by atoms with Crippen LogP contribution < -0.4 is 0 Å². The van der Waals surface area contributed by atoms with Crippen LogP contribution in [-0.2, 0) is 6.42 Å². The van der Waals surface area contributed by atoms with Crippen LogP contribution in [0.4, 0.5) is 8.78 Å². The summed E-state index contributed by atoms with van der Waals surface area (Å²) < 4.78 is 26.8. The maximum Gasteiger partial charge on any atom is 0.159 e. The van der Waals surface area contributed by atoms with Gasteiger partial charge in [-0.25, -0.2) is 8.78 Å². The van der Waals surface area contributed by atoms with Crippen molar-refractivity contribution in [1.82, 2.24) is 0 Å². The van der Waals surface area contributed by atoms with Gasteiger partial charge < -0.3 is 5.11 Å². The van der Waals surface area contributed by atoms with E-state index in [-0.39, 0.29) is 6.42 Å². The maximum absolute atomic E-state index is 13.1. The van der Waals surface area contributed by atoms with E-state index in [1.165, 1.54) is 6.07 Å². The van der Waals surface area contributed by atoms with Gasteiger partial charge in [-0.05, 0) is 35.7 Å². The first-order chi connectivity index (χ1) is 8.99. The van der Waals surface area contributed by atoms with E-state index in [1.54, 1.807) is 0 Å². The highest BCUT2D eigenvalue weighted by atomic mass is 79.9. The molecule has 0 radical (unpaired) electrons. The molecule has 2 aromatic rings. The average molecular weight is 327 g/mol. The summed E-state index contributed by atoms with van der Waals surface area (Å²) in [4.78, 5) is 0. The van der Waals surface area contributed by atoms with Gasteiger partial charge in [-0.15, -0.1) is 0 Å². The molecule has 0 aromatic heterocycles. The monoisotopic (exact) mass is 326 g/mol. The standard InChI is InChI=1S/C15H13BrF2O/c1-9-3-2-4-11(15(9)16)14(19)8-10-5-6-12(17)13(18)7-10/h2-7,14,19H,8H2,1H3. The van der Waals surface area contributed by atoms with Gasteiger partial charge in [0.1, 0.15) is 0 Å². The molecule has 0 bridgehead atoms. The third-order valence-corrected chi connectivity index (χ3v) is 4.08. The smallest absolute Gasteiger partial charge is 0.159 e. The topological polar surface area (TPSA) is 20.2 Å². The molecule has 1 unspecified atom stereocenters. The molecule has 0 spiro atoms. The number of hydrogen-bond donors (Lipinski definition) is 1. The predicted molar refractivity (Wildman–Crippen MR) is 73.9 cm³/mol. The lowest BCUT2D eigenvalue weighted by Crippen LogP contribution is -2.04. The SMILES string of the molecule is Cc1cccc(C(O)Cc2ccc(F)c(F)c2)c1Br. The fourth-order valence-corrected chi connectivity index (χ4v) is 2.46. The molecule has 2 aromatic carbocycles. The number of aliphatic hydroxyl groups excluding tert-OH is 1. The van der Waals surface area contributed by atoms with Gasteiger partial charge >= 0.3 is 0 Å². The van der Waals surface area contributed by atoms with Crippen molar-refractivity contribution < 1.29 is 13.9 Å². The quantitative estimate of drug-likeness (QED) is 0.891. The van der Waals surface area contributed by atoms with Gasteiger partial charge in [0.05, 0.1) is 6.10 Å². The zero-order valence-corrected chi connectivity index (χ0v) is 11.9. The van der Waals surface area contributed by atoms with E-state index in [4.69, 9.17) is 0 Å². The Balaban J connectivity index is 2.23. The van der Waals surface area contributed by atoms with Gasteiger partial charge in [-0.1, -0.05) is 40.2 Å². The van der Waals surface area contributed by atoms with E-state index < -0.39 is 17.7 Å². The summed E-state index contributed by atoms with van der Waals surface area (Å²) in [6, 6.07) is 9.25. The zero-order chi connectivity index (χ0) is 14.0. The maximum atomic E-state index is 13.1. The molecule has 0 saturated carbocycles. The minimum Gasteiger partial charge on any atom is -0.388 e. The van der Waals surface area contributed by atoms with Crippen molar-refractivity contribution in [2.75, 3.05) is 0 Å². The average Bonchev–Trinajstić information content (AvgIpc) is 2.37. The third kappa shape index (κ3) is 3.19. The summed E-state index contributed by atoms with van der Waals surface area (Å²) in [6.45, 7) is 1.93. The lowest BCUT2D eigenvalue weighted by atomic mass is 10.00. The lowest BCUT2D eigenvalue weighted by Gasteiger charge is -2.14. The van der Waals surface area contributed by atoms with Crippen molar-refractivity contribution in [3.63, 3.8) is 0 Å². The molecule has 0 aliphatic heterocycles. The number of hydrogen-bond acceptors (Lipinski definition) is 1. The van der Waals surface area contributed by atoms with Gasteiger partial charge in [0.25, 0.3) is 0 Å². The van der Waals surface area contributed by atoms with Gasteiger partial charge in [-0.3, -0.25) is 0 Å². The molecule has 0 saturated heterocycles. The summed E-state index contributed by atoms with van der Waals surface area (Å²) in [6.07, 6.45) is -0.529. The Labute approximate surface area is 119 Å². The molecule has 1 nitrogen and oxygen atoms in total. The Morgan fingerprint density at radius 3 is 2.58 bits per heavy atom. The fraction of sp³-hybridized carbons (Fsp3) is 0.200. The molecule has 19 heavy (non-hydrogen) atoms. The van der Waals surface area contributed by atoms with E-state index in [0.29, 0.717) is 5.56 Å². The van der Waals surface area contributed by atoms with Crippen LogP contribution >= 0.6 is 15.9 Å². The van der Waals surface area contributed by atoms with Crippen molar-refractivity contribution in [3.05, 3.63) is 69.2 Å². The molecule has 4 heteroatoms. The highest BCUT2D eigenvalue weighted by Gasteiger charge is 2.14. The summed E-state index contributed by atoms with van der Waals surface area (Å²) in [5.41, 5.74) is 2.31. The van der Waals surface area contributed by atoms with Gasteiger partial charge in [0.2, 0.25) is 0 Å². The summed E-state index contributed by atoms with van der Waals surface area (Å²) >= 11 is 3.43. The summed E-state index contributed by atoms with van der Waals surface area (Å²) in [7, 11) is 0. The molecule has 0 amide bonds. The highest BCUT2D eigenvalue weighted by Crippen LogP contribution is 2.28. The van der Waals surface area contributed by atoms with Crippen molar-refractivity contribution in [2.24, 2.45) is 0 Å². The van der Waals surface area contributed by atoms with Crippen LogP contribution in [0.2, 0.25) is 0 Å². The first kappa shape index (κ1) is 14.2. The van der Waals surface area contributed by atoms with Gasteiger partial charge in [0, 0.05) is 10.9 Å². The third-order valence-electron chi connectivity index (χ3n) is 2.99. The lowest BCUT2D eigenvalue weighted by molar-refractivity contribution is 0.177. The second-order valence-electron chi connectivity index (χ2n) is 4.45. The molecule has 0 aliphatic rings. The van der Waals surface area contributed by atoms with Crippen LogP contribution in [0.5, 0.6) is 0 Å². The Morgan fingerprint density at radius 1 is 1.16 bits per heavy atom. The minimum atomic E-state index is -0.895. The second-order valence-corrected chi connectivity index (χ2v) is 5.24. The van der Waals surface area contributed by atoms with E-state index in [0.717, 1.165) is 27.7 Å². The Bertz CT molecular complexity index is 599. The Hall–Kier alpha value is -1.26. The van der Waals surface area contributed by atoms with Crippen LogP contribution in [0.25, 0.3) is 0 Å². The van der Waals surface area contributed by atoms with Gasteiger partial charge in [0.15, 0.2) is 11.6 Å². The second kappa shape index (κ2) is 5.80. The number of halogens is 3. The summed E-state index contributed by atoms with van der Waals surface area (Å²) in [5.74, 6) is -1.78. The number of rotatable bonds is 3. The molecular formula is C15H13BrF2O. The van der Waals surface area contributed by atoms with Crippen molar-refractivity contribution >= 4 is 15.9 Å². The van der Waals surface area contributed by atoms with Crippen LogP contribution in [-0.4, -0.2) is 5.11 Å². The Morgan fingerprint density at radius 2 is 1.89 bits per heavy atom. The van der Waals surface area contributed by atoms with E-state index >= 15 is 0 Å². The first-order valence-electron chi connectivity index (χ1n) is 5.86. The van der Waals surface area contributed by atoms with Crippen LogP contribution in [0.3, 0.4) is 0 Å². The van der Waals surface area contributed by atoms with E-state index in [1.807, 2.05) is 25.1 Å². The normalized spacial score (nSPS) is 12.5. The number of aryl methyl sites for hydroxylation is 1. The van der Waals surface area contributed by atoms with Crippen LogP contribution in [0.15, 0.2) is 40.9 Å². The molecule has 1 atom stereocenters. The minimum absolute atomic E-state index is 0.235. The molecule has 100 valence electrons. The van der Waals surface area contributed by atoms with Crippen molar-refractivity contribution in [3.8, 4) is 0 Å². The zero-order valence-electron chi connectivity index (χ0n) is 10.3. The molecule has 1 N–H and O–H groups in total. The predicted octanol–water partition coefficient (Wildman–Crippen LogP) is 4.31. The van der Waals surface area contributed by atoms with Crippen molar-refractivity contribution in [2.45, 2.75) is 19.4 Å². The van der Waals surface area contributed by atoms with Crippen LogP contribution in [0, 0.1) is 18.6 Å². The van der Waals surface area contributed by atoms with Crippen molar-refractivity contribution in [1.29, 1.82) is 0 Å². The molecule has 0 fully saturated rings. The summed E-state index contributed by atoms with van der Waals surface area (Å²) in [5, 5.41) is 10.2. The molecule has 2 rings (SSSR count).